The van der Waals surface area contributed by atoms with Crippen LogP contribution in [0.15, 0.2) is 28.8 Å². The second-order valence-electron chi connectivity index (χ2n) is 4.79. The minimum absolute atomic E-state index is 0.191. The molecule has 0 spiro atoms. The van der Waals surface area contributed by atoms with Crippen LogP contribution in [-0.2, 0) is 6.42 Å². The van der Waals surface area contributed by atoms with Crippen molar-refractivity contribution < 1.29 is 14.4 Å². The molecule has 1 amide bonds. The summed E-state index contributed by atoms with van der Waals surface area (Å²) in [4.78, 5) is 13.8. The number of aliphatic hydroxyl groups excluding tert-OH is 1. The van der Waals surface area contributed by atoms with Crippen LogP contribution >= 0.6 is 23.2 Å². The SMILES string of the molecule is CCc1cc(C(=O)N(C)C(CO)c2cccc(Cl)c2Cl)no1. The molecule has 2 aromatic rings. The average molecular weight is 343 g/mol. The molecular weight excluding hydrogens is 327 g/mol. The quantitative estimate of drug-likeness (QED) is 0.904. The molecule has 0 radical (unpaired) electrons. The molecule has 1 N–H and O–H groups in total. The molecule has 0 aliphatic carbocycles. The Hall–Kier alpha value is -1.56. The summed E-state index contributed by atoms with van der Waals surface area (Å²) < 4.78 is 5.04. The maximum atomic E-state index is 12.5. The van der Waals surface area contributed by atoms with Gasteiger partial charge in [-0.15, -0.1) is 0 Å². The number of aliphatic hydroxyl groups is 1. The first-order valence-electron chi connectivity index (χ1n) is 6.77. The predicted octanol–water partition coefficient (Wildman–Crippen LogP) is 3.35. The zero-order chi connectivity index (χ0) is 16.3. The third kappa shape index (κ3) is 3.27. The van der Waals surface area contributed by atoms with Crippen molar-refractivity contribution in [1.82, 2.24) is 10.1 Å². The number of likely N-dealkylation sites (N-methyl/N-ethyl adjacent to an activating group) is 1. The van der Waals surface area contributed by atoms with Gasteiger partial charge in [-0.25, -0.2) is 0 Å². The summed E-state index contributed by atoms with van der Waals surface area (Å²) in [7, 11) is 1.57. The summed E-state index contributed by atoms with van der Waals surface area (Å²) in [6, 6.07) is 6.05. The standard InChI is InChI=1S/C15H16Cl2N2O3/c1-3-9-7-12(18-22-9)15(21)19(2)13(8-20)10-5-4-6-11(16)14(10)17/h4-7,13,20H,3,8H2,1-2H3. The Bertz CT molecular complexity index is 673. The van der Waals surface area contributed by atoms with Crippen LogP contribution in [0.25, 0.3) is 0 Å². The van der Waals surface area contributed by atoms with Crippen molar-refractivity contribution in [2.75, 3.05) is 13.7 Å². The summed E-state index contributed by atoms with van der Waals surface area (Å²) in [6.07, 6.45) is 0.646. The fraction of sp³-hybridized carbons (Fsp3) is 0.333. The van der Waals surface area contributed by atoms with Crippen LogP contribution < -0.4 is 0 Å². The summed E-state index contributed by atoms with van der Waals surface area (Å²) >= 11 is 12.2. The minimum atomic E-state index is -0.625. The fourth-order valence-corrected chi connectivity index (χ4v) is 2.54. The summed E-state index contributed by atoms with van der Waals surface area (Å²) in [6.45, 7) is 1.61. The van der Waals surface area contributed by atoms with Crippen LogP contribution in [0.4, 0.5) is 0 Å². The van der Waals surface area contributed by atoms with Gasteiger partial charge in [0.15, 0.2) is 5.69 Å². The van der Waals surface area contributed by atoms with E-state index >= 15 is 0 Å². The third-order valence-electron chi connectivity index (χ3n) is 3.43. The highest BCUT2D eigenvalue weighted by atomic mass is 35.5. The van der Waals surface area contributed by atoms with Crippen molar-refractivity contribution in [3.8, 4) is 0 Å². The number of amides is 1. The van der Waals surface area contributed by atoms with Gasteiger partial charge in [-0.05, 0) is 11.6 Å². The van der Waals surface area contributed by atoms with E-state index < -0.39 is 6.04 Å². The predicted molar refractivity (Wildman–Crippen MR) is 84.3 cm³/mol. The highest BCUT2D eigenvalue weighted by Gasteiger charge is 2.26. The van der Waals surface area contributed by atoms with Crippen molar-refractivity contribution in [3.05, 3.63) is 51.3 Å². The first kappa shape index (κ1) is 16.8. The molecule has 1 aromatic carbocycles. The van der Waals surface area contributed by atoms with Gasteiger partial charge in [0, 0.05) is 19.5 Å². The molecule has 0 saturated heterocycles. The van der Waals surface area contributed by atoms with Crippen molar-refractivity contribution in [1.29, 1.82) is 0 Å². The molecule has 1 heterocycles. The van der Waals surface area contributed by atoms with Gasteiger partial charge < -0.3 is 14.5 Å². The second kappa shape index (κ2) is 7.13. The van der Waals surface area contributed by atoms with E-state index in [1.165, 1.54) is 4.90 Å². The van der Waals surface area contributed by atoms with E-state index in [0.29, 0.717) is 27.8 Å². The Morgan fingerprint density at radius 2 is 2.18 bits per heavy atom. The molecule has 1 atom stereocenters. The maximum Gasteiger partial charge on any atom is 0.276 e. The van der Waals surface area contributed by atoms with E-state index in [9.17, 15) is 9.90 Å². The molecule has 0 aliphatic heterocycles. The van der Waals surface area contributed by atoms with Gasteiger partial charge in [-0.1, -0.05) is 47.4 Å². The Labute approximate surface area is 138 Å². The lowest BCUT2D eigenvalue weighted by atomic mass is 10.1. The van der Waals surface area contributed by atoms with Crippen LogP contribution in [-0.4, -0.2) is 34.7 Å². The van der Waals surface area contributed by atoms with Gasteiger partial charge >= 0.3 is 0 Å². The lowest BCUT2D eigenvalue weighted by Gasteiger charge is -2.27. The van der Waals surface area contributed by atoms with Gasteiger partial charge in [0.2, 0.25) is 0 Å². The van der Waals surface area contributed by atoms with Gasteiger partial charge in [0.25, 0.3) is 5.91 Å². The molecule has 0 bridgehead atoms. The fourth-order valence-electron chi connectivity index (χ4n) is 2.11. The first-order chi connectivity index (χ1) is 10.5. The lowest BCUT2D eigenvalue weighted by molar-refractivity contribution is 0.0648. The normalized spacial score (nSPS) is 12.2. The minimum Gasteiger partial charge on any atom is -0.394 e. The van der Waals surface area contributed by atoms with E-state index in [2.05, 4.69) is 5.16 Å². The molecule has 0 fully saturated rings. The zero-order valence-electron chi connectivity index (χ0n) is 12.2. The second-order valence-corrected chi connectivity index (χ2v) is 5.57. The van der Waals surface area contributed by atoms with Crippen molar-refractivity contribution >= 4 is 29.1 Å². The highest BCUT2D eigenvalue weighted by Crippen LogP contribution is 2.32. The number of hydrogen-bond donors (Lipinski definition) is 1. The number of aryl methyl sites for hydroxylation is 1. The molecule has 5 nitrogen and oxygen atoms in total. The van der Waals surface area contributed by atoms with Gasteiger partial charge in [-0.3, -0.25) is 4.79 Å². The zero-order valence-corrected chi connectivity index (χ0v) is 13.7. The third-order valence-corrected chi connectivity index (χ3v) is 4.26. The highest BCUT2D eigenvalue weighted by molar-refractivity contribution is 6.42. The number of carbonyl (C=O) groups excluding carboxylic acids is 1. The number of benzene rings is 1. The van der Waals surface area contributed by atoms with E-state index in [1.54, 1.807) is 31.3 Å². The molecule has 2 rings (SSSR count). The molecule has 0 aliphatic rings. The van der Waals surface area contributed by atoms with E-state index in [1.807, 2.05) is 6.92 Å². The summed E-state index contributed by atoms with van der Waals surface area (Å²) in [5, 5.41) is 14.1. The van der Waals surface area contributed by atoms with E-state index in [4.69, 9.17) is 27.7 Å². The smallest absolute Gasteiger partial charge is 0.276 e. The van der Waals surface area contributed by atoms with E-state index in [-0.39, 0.29) is 18.2 Å². The number of halogens is 2. The molecule has 118 valence electrons. The maximum absolute atomic E-state index is 12.5. The number of carbonyl (C=O) groups is 1. The largest absolute Gasteiger partial charge is 0.394 e. The van der Waals surface area contributed by atoms with Gasteiger partial charge in [-0.2, -0.15) is 0 Å². The average Bonchev–Trinajstić information content (AvgIpc) is 3.00. The number of rotatable bonds is 5. The summed E-state index contributed by atoms with van der Waals surface area (Å²) in [5.41, 5.74) is 0.766. The molecule has 22 heavy (non-hydrogen) atoms. The monoisotopic (exact) mass is 342 g/mol. The number of nitrogens with zero attached hydrogens (tertiary/aromatic N) is 2. The Morgan fingerprint density at radius 3 is 2.77 bits per heavy atom. The van der Waals surface area contributed by atoms with Crippen molar-refractivity contribution in [2.45, 2.75) is 19.4 Å². The van der Waals surface area contributed by atoms with Crippen molar-refractivity contribution in [3.63, 3.8) is 0 Å². The Balaban J connectivity index is 2.30. The summed E-state index contributed by atoms with van der Waals surface area (Å²) in [5.74, 6) is 0.261. The molecule has 1 aromatic heterocycles. The van der Waals surface area contributed by atoms with Crippen LogP contribution in [0.3, 0.4) is 0 Å². The Morgan fingerprint density at radius 1 is 1.45 bits per heavy atom. The van der Waals surface area contributed by atoms with Gasteiger partial charge in [0.1, 0.15) is 5.76 Å². The molecule has 1 unspecified atom stereocenters. The topological polar surface area (TPSA) is 66.6 Å². The number of hydrogen-bond acceptors (Lipinski definition) is 4. The molecular formula is C15H16Cl2N2O3. The Kier molecular flexibility index (Phi) is 5.45. The van der Waals surface area contributed by atoms with Crippen LogP contribution in [0, 0.1) is 0 Å². The molecule has 7 heteroatoms. The van der Waals surface area contributed by atoms with Crippen molar-refractivity contribution in [2.24, 2.45) is 0 Å². The lowest BCUT2D eigenvalue weighted by Crippen LogP contribution is -2.33. The van der Waals surface area contributed by atoms with Gasteiger partial charge in [0.05, 0.1) is 22.7 Å². The van der Waals surface area contributed by atoms with E-state index in [0.717, 1.165) is 0 Å². The van der Waals surface area contributed by atoms with Crippen LogP contribution in [0.1, 0.15) is 34.8 Å². The molecule has 0 saturated carbocycles. The van der Waals surface area contributed by atoms with Crippen LogP contribution in [0.5, 0.6) is 0 Å². The van der Waals surface area contributed by atoms with Crippen LogP contribution in [0.2, 0.25) is 10.0 Å². The number of aromatic nitrogens is 1. The first-order valence-corrected chi connectivity index (χ1v) is 7.52.